The van der Waals surface area contributed by atoms with E-state index in [1.165, 1.54) is 4.57 Å². The van der Waals surface area contributed by atoms with Crippen LogP contribution in [0.15, 0.2) is 34.2 Å². The van der Waals surface area contributed by atoms with E-state index in [9.17, 15) is 14.4 Å². The van der Waals surface area contributed by atoms with Crippen molar-refractivity contribution in [3.8, 4) is 0 Å². The van der Waals surface area contributed by atoms with Gasteiger partial charge in [-0.1, -0.05) is 23.9 Å². The number of thioether (sulfide) groups is 1. The first-order valence-corrected chi connectivity index (χ1v) is 7.23. The van der Waals surface area contributed by atoms with Gasteiger partial charge >= 0.3 is 6.03 Å². The largest absolute Gasteiger partial charge is 0.351 e. The molecule has 0 saturated heterocycles. The normalized spacial score (nSPS) is 10.5. The van der Waals surface area contributed by atoms with Crippen LogP contribution in [0.2, 0.25) is 0 Å². The summed E-state index contributed by atoms with van der Waals surface area (Å²) in [5, 5.41) is 2.93. The third kappa shape index (κ3) is 3.40. The number of aromatic nitrogens is 2. The van der Waals surface area contributed by atoms with E-state index in [-0.39, 0.29) is 11.3 Å². The molecule has 1 aromatic carbocycles. The van der Waals surface area contributed by atoms with Gasteiger partial charge in [0.1, 0.15) is 0 Å². The summed E-state index contributed by atoms with van der Waals surface area (Å²) in [7, 11) is 0. The number of primary amides is 1. The van der Waals surface area contributed by atoms with E-state index < -0.39 is 11.9 Å². The maximum absolute atomic E-state index is 12.3. The van der Waals surface area contributed by atoms with E-state index in [0.717, 1.165) is 11.8 Å². The zero-order valence-corrected chi connectivity index (χ0v) is 12.1. The summed E-state index contributed by atoms with van der Waals surface area (Å²) in [6.45, 7) is 2.27. The van der Waals surface area contributed by atoms with E-state index in [2.05, 4.69) is 4.98 Å². The number of amides is 3. The molecule has 0 fully saturated rings. The van der Waals surface area contributed by atoms with Crippen LogP contribution in [0.3, 0.4) is 0 Å². The minimum Gasteiger partial charge on any atom is -0.351 e. The Kier molecular flexibility index (Phi) is 4.59. The predicted octanol–water partition coefficient (Wildman–Crippen LogP) is 0.703. The molecule has 0 radical (unpaired) electrons. The molecule has 1 heterocycles. The van der Waals surface area contributed by atoms with E-state index in [1.807, 2.05) is 12.2 Å². The minimum atomic E-state index is -0.903. The lowest BCUT2D eigenvalue weighted by molar-refractivity contribution is -0.117. The number of nitrogens with two attached hydrogens (primary N) is 1. The van der Waals surface area contributed by atoms with Crippen molar-refractivity contribution in [2.45, 2.75) is 18.6 Å². The lowest BCUT2D eigenvalue weighted by Crippen LogP contribution is -2.36. The quantitative estimate of drug-likeness (QED) is 0.639. The van der Waals surface area contributed by atoms with Crippen molar-refractivity contribution in [2.75, 3.05) is 5.75 Å². The highest BCUT2D eigenvalue weighted by molar-refractivity contribution is 7.99. The van der Waals surface area contributed by atoms with Crippen LogP contribution in [0.25, 0.3) is 10.9 Å². The van der Waals surface area contributed by atoms with Crippen LogP contribution in [0.1, 0.15) is 6.92 Å². The number of imide groups is 1. The fourth-order valence-electron chi connectivity index (χ4n) is 1.84. The second-order valence-electron chi connectivity index (χ2n) is 4.16. The highest BCUT2D eigenvalue weighted by atomic mass is 32.2. The number of carbonyl (C=O) groups excluding carboxylic acids is 2. The molecular formula is C13H14N4O3S. The van der Waals surface area contributed by atoms with Gasteiger partial charge in [0.2, 0.25) is 5.91 Å². The van der Waals surface area contributed by atoms with E-state index in [1.54, 1.807) is 24.3 Å². The molecule has 3 amide bonds. The van der Waals surface area contributed by atoms with Gasteiger partial charge in [-0.15, -0.1) is 0 Å². The number of urea groups is 1. The SMILES string of the molecule is CCn1c(SCC(=O)NC(N)=O)nc2ccccc2c1=O. The second kappa shape index (κ2) is 6.40. The number of carbonyl (C=O) groups is 2. The molecule has 1 aromatic heterocycles. The fourth-order valence-corrected chi connectivity index (χ4v) is 2.70. The van der Waals surface area contributed by atoms with Crippen LogP contribution in [0.4, 0.5) is 4.79 Å². The molecule has 2 aromatic rings. The molecule has 8 heteroatoms. The molecule has 110 valence electrons. The standard InChI is InChI=1S/C13H14N4O3S/c1-2-17-11(19)8-5-3-4-6-9(8)15-13(17)21-7-10(18)16-12(14)20/h3-6H,2,7H2,1H3,(H3,14,16,18,20). The highest BCUT2D eigenvalue weighted by Gasteiger charge is 2.12. The lowest BCUT2D eigenvalue weighted by Gasteiger charge is -2.10. The number of rotatable bonds is 4. The maximum atomic E-state index is 12.3. The zero-order chi connectivity index (χ0) is 15.4. The van der Waals surface area contributed by atoms with Crippen molar-refractivity contribution < 1.29 is 9.59 Å². The van der Waals surface area contributed by atoms with Crippen LogP contribution in [0, 0.1) is 0 Å². The molecule has 2 rings (SSSR count). The summed E-state index contributed by atoms with van der Waals surface area (Å²) in [6.07, 6.45) is 0. The first kappa shape index (κ1) is 15.0. The average molecular weight is 306 g/mol. The Morgan fingerprint density at radius 1 is 1.38 bits per heavy atom. The molecule has 3 N–H and O–H groups in total. The average Bonchev–Trinajstić information content (AvgIpc) is 2.44. The first-order chi connectivity index (χ1) is 10.0. The molecule has 0 saturated carbocycles. The van der Waals surface area contributed by atoms with Gasteiger partial charge in [0, 0.05) is 6.54 Å². The smallest absolute Gasteiger partial charge is 0.318 e. The van der Waals surface area contributed by atoms with E-state index in [0.29, 0.717) is 22.6 Å². The van der Waals surface area contributed by atoms with Crippen molar-refractivity contribution in [2.24, 2.45) is 5.73 Å². The molecule has 0 unspecified atom stereocenters. The van der Waals surface area contributed by atoms with Crippen molar-refractivity contribution in [1.29, 1.82) is 0 Å². The molecule has 0 aliphatic rings. The summed E-state index contributed by atoms with van der Waals surface area (Å²) in [5.74, 6) is -0.578. The van der Waals surface area contributed by atoms with Crippen molar-refractivity contribution in [1.82, 2.24) is 14.9 Å². The Morgan fingerprint density at radius 3 is 2.76 bits per heavy atom. The van der Waals surface area contributed by atoms with Crippen LogP contribution in [0.5, 0.6) is 0 Å². The minimum absolute atomic E-state index is 0.0479. The summed E-state index contributed by atoms with van der Waals surface area (Å²) in [6, 6.07) is 6.12. The summed E-state index contributed by atoms with van der Waals surface area (Å²) in [4.78, 5) is 38.7. The van der Waals surface area contributed by atoms with Crippen LogP contribution in [-0.2, 0) is 11.3 Å². The van der Waals surface area contributed by atoms with Crippen molar-refractivity contribution in [3.63, 3.8) is 0 Å². The first-order valence-electron chi connectivity index (χ1n) is 6.24. The molecule has 0 aliphatic heterocycles. The third-order valence-corrected chi connectivity index (χ3v) is 3.71. The summed E-state index contributed by atoms with van der Waals surface area (Å²) >= 11 is 1.08. The van der Waals surface area contributed by atoms with Crippen LogP contribution >= 0.6 is 11.8 Å². The van der Waals surface area contributed by atoms with Gasteiger partial charge in [-0.05, 0) is 19.1 Å². The number of fused-ring (bicyclic) bond motifs is 1. The van der Waals surface area contributed by atoms with Gasteiger partial charge in [0.05, 0.1) is 16.7 Å². The fraction of sp³-hybridized carbons (Fsp3) is 0.231. The van der Waals surface area contributed by atoms with Gasteiger partial charge < -0.3 is 5.73 Å². The Morgan fingerprint density at radius 2 is 2.10 bits per heavy atom. The molecule has 0 atom stereocenters. The predicted molar refractivity (Wildman–Crippen MR) is 80.1 cm³/mol. The Hall–Kier alpha value is -2.35. The lowest BCUT2D eigenvalue weighted by atomic mass is 10.2. The Bertz CT molecular complexity index is 757. The monoisotopic (exact) mass is 306 g/mol. The zero-order valence-electron chi connectivity index (χ0n) is 11.3. The highest BCUT2D eigenvalue weighted by Crippen LogP contribution is 2.17. The number of para-hydroxylation sites is 1. The molecule has 21 heavy (non-hydrogen) atoms. The van der Waals surface area contributed by atoms with Crippen molar-refractivity contribution in [3.05, 3.63) is 34.6 Å². The maximum Gasteiger partial charge on any atom is 0.318 e. The third-order valence-electron chi connectivity index (χ3n) is 2.74. The van der Waals surface area contributed by atoms with Crippen LogP contribution in [-0.4, -0.2) is 27.2 Å². The Labute approximate surface area is 124 Å². The van der Waals surface area contributed by atoms with Gasteiger partial charge in [0.15, 0.2) is 5.16 Å². The molecule has 7 nitrogen and oxygen atoms in total. The van der Waals surface area contributed by atoms with Gasteiger partial charge in [0.25, 0.3) is 5.56 Å². The molecular weight excluding hydrogens is 292 g/mol. The molecule has 0 bridgehead atoms. The second-order valence-corrected chi connectivity index (χ2v) is 5.10. The van der Waals surface area contributed by atoms with Crippen molar-refractivity contribution >= 4 is 34.6 Å². The van der Waals surface area contributed by atoms with Gasteiger partial charge in [-0.25, -0.2) is 9.78 Å². The van der Waals surface area contributed by atoms with Crippen LogP contribution < -0.4 is 16.6 Å². The number of hydrogen-bond donors (Lipinski definition) is 2. The topological polar surface area (TPSA) is 107 Å². The molecule has 0 spiro atoms. The van der Waals surface area contributed by atoms with E-state index >= 15 is 0 Å². The number of hydrogen-bond acceptors (Lipinski definition) is 5. The Balaban J connectivity index is 2.33. The van der Waals surface area contributed by atoms with Gasteiger partial charge in [-0.3, -0.25) is 19.5 Å². The number of nitrogens with one attached hydrogen (secondary N) is 1. The summed E-state index contributed by atoms with van der Waals surface area (Å²) in [5.41, 5.74) is 5.29. The number of benzene rings is 1. The number of nitrogens with zero attached hydrogens (tertiary/aromatic N) is 2. The summed E-state index contributed by atoms with van der Waals surface area (Å²) < 4.78 is 1.49. The van der Waals surface area contributed by atoms with E-state index in [4.69, 9.17) is 5.73 Å². The molecule has 0 aliphatic carbocycles. The van der Waals surface area contributed by atoms with Gasteiger partial charge in [-0.2, -0.15) is 0 Å².